The highest BCUT2D eigenvalue weighted by Gasteiger charge is 2.12. The van der Waals surface area contributed by atoms with Gasteiger partial charge in [-0.15, -0.1) is 11.6 Å². The van der Waals surface area contributed by atoms with E-state index in [2.05, 4.69) is 30.2 Å². The maximum atomic E-state index is 11.4. The Labute approximate surface area is 207 Å². The standard InChI is InChI=1S/C21H31N3O2.C4H7Cl.C2H6/c1-5-7-15-22-24(17-19-12-9-8-10-13-19)20(11-6-2)14-16-23(3)18-21(25)26-4;1-2-3-4-5;1-2/h5,7-13,15H,6,14,16-18H2,1-4H3;2-3H,4H2,1H3;1-2H3/b7-5+,20-11+,22-15+;3-2-;. The molecule has 0 heterocycles. The van der Waals surface area contributed by atoms with Crippen LogP contribution in [-0.4, -0.2) is 55.2 Å². The Morgan fingerprint density at radius 3 is 2.30 bits per heavy atom. The molecule has 186 valence electrons. The quantitative estimate of drug-likeness (QED) is 0.111. The van der Waals surface area contributed by atoms with Gasteiger partial charge in [0.2, 0.25) is 0 Å². The number of halogens is 1. The van der Waals surface area contributed by atoms with E-state index in [0.29, 0.717) is 12.4 Å². The molecule has 0 bridgehead atoms. The van der Waals surface area contributed by atoms with Gasteiger partial charge < -0.3 is 4.74 Å². The molecule has 0 N–H and O–H groups in total. The normalized spacial score (nSPS) is 11.4. The first-order valence-electron chi connectivity index (χ1n) is 11.6. The van der Waals surface area contributed by atoms with Crippen molar-refractivity contribution in [3.05, 3.63) is 72.0 Å². The third-order valence-corrected chi connectivity index (χ3v) is 4.31. The predicted molar refractivity (Wildman–Crippen MR) is 145 cm³/mol. The van der Waals surface area contributed by atoms with Crippen molar-refractivity contribution in [2.24, 2.45) is 5.10 Å². The molecule has 0 saturated heterocycles. The highest BCUT2D eigenvalue weighted by molar-refractivity contribution is 6.18. The number of likely N-dealkylation sites (N-methyl/N-ethyl adjacent to an activating group) is 1. The summed E-state index contributed by atoms with van der Waals surface area (Å²) >= 11 is 5.21. The first kappa shape index (κ1) is 32.8. The fraction of sp³-hybridized carbons (Fsp3) is 0.481. The smallest absolute Gasteiger partial charge is 0.319 e. The molecule has 0 unspecified atom stereocenters. The summed E-state index contributed by atoms with van der Waals surface area (Å²) in [5, 5.41) is 6.66. The second-order valence-corrected chi connectivity index (χ2v) is 7.03. The van der Waals surface area contributed by atoms with Crippen molar-refractivity contribution in [1.29, 1.82) is 0 Å². The first-order valence-corrected chi connectivity index (χ1v) is 12.1. The molecule has 6 heteroatoms. The number of methoxy groups -OCH3 is 1. The number of rotatable bonds is 12. The zero-order valence-electron chi connectivity index (χ0n) is 21.6. The molecule has 5 nitrogen and oxygen atoms in total. The van der Waals surface area contributed by atoms with Gasteiger partial charge in [-0.3, -0.25) is 14.7 Å². The minimum absolute atomic E-state index is 0.222. The summed E-state index contributed by atoms with van der Waals surface area (Å²) < 4.78 is 4.73. The molecule has 0 amide bonds. The number of allylic oxidation sites excluding steroid dienone is 5. The molecule has 33 heavy (non-hydrogen) atoms. The van der Waals surface area contributed by atoms with Gasteiger partial charge in [-0.1, -0.05) is 75.4 Å². The molecule has 0 aromatic heterocycles. The van der Waals surface area contributed by atoms with Crippen LogP contribution >= 0.6 is 11.6 Å². The van der Waals surface area contributed by atoms with Crippen LogP contribution in [0.5, 0.6) is 0 Å². The van der Waals surface area contributed by atoms with Gasteiger partial charge in [0.05, 0.1) is 20.2 Å². The fourth-order valence-electron chi connectivity index (χ4n) is 2.51. The summed E-state index contributed by atoms with van der Waals surface area (Å²) in [7, 11) is 3.33. The summed E-state index contributed by atoms with van der Waals surface area (Å²) in [5.74, 6) is 0.414. The van der Waals surface area contributed by atoms with Gasteiger partial charge in [-0.25, -0.2) is 0 Å². The molecule has 0 aliphatic heterocycles. The van der Waals surface area contributed by atoms with Crippen molar-refractivity contribution in [2.75, 3.05) is 33.1 Å². The largest absolute Gasteiger partial charge is 0.468 e. The van der Waals surface area contributed by atoms with Gasteiger partial charge in [-0.2, -0.15) is 5.10 Å². The Kier molecular flexibility index (Phi) is 24.1. The fourth-order valence-corrected chi connectivity index (χ4v) is 2.69. The summed E-state index contributed by atoms with van der Waals surface area (Å²) in [6, 6.07) is 10.3. The number of nitrogens with zero attached hydrogens (tertiary/aromatic N) is 3. The van der Waals surface area contributed by atoms with E-state index in [1.54, 1.807) is 0 Å². The van der Waals surface area contributed by atoms with E-state index in [9.17, 15) is 4.79 Å². The molecule has 1 rings (SSSR count). The lowest BCUT2D eigenvalue weighted by Gasteiger charge is -2.24. The molecule has 1 aromatic rings. The van der Waals surface area contributed by atoms with Crippen molar-refractivity contribution in [3.8, 4) is 0 Å². The average Bonchev–Trinajstić information content (AvgIpc) is 2.84. The topological polar surface area (TPSA) is 45.1 Å². The van der Waals surface area contributed by atoms with E-state index < -0.39 is 0 Å². The number of hydrogen-bond acceptors (Lipinski definition) is 5. The Bertz CT molecular complexity index is 701. The Hall–Kier alpha value is -2.37. The summed E-state index contributed by atoms with van der Waals surface area (Å²) in [5.41, 5.74) is 2.35. The van der Waals surface area contributed by atoms with Gasteiger partial charge in [0.1, 0.15) is 0 Å². The van der Waals surface area contributed by atoms with Gasteiger partial charge in [0.25, 0.3) is 0 Å². The Morgan fingerprint density at radius 1 is 1.15 bits per heavy atom. The molecule has 1 aromatic carbocycles. The molecule has 0 saturated carbocycles. The van der Waals surface area contributed by atoms with Crippen molar-refractivity contribution in [3.63, 3.8) is 0 Å². The third kappa shape index (κ3) is 18.9. The van der Waals surface area contributed by atoms with E-state index in [0.717, 1.165) is 25.1 Å². The maximum absolute atomic E-state index is 11.4. The molecule has 0 spiro atoms. The summed E-state index contributed by atoms with van der Waals surface area (Å²) in [4.78, 5) is 13.4. The third-order valence-electron chi connectivity index (χ3n) is 4.13. The van der Waals surface area contributed by atoms with Crippen LogP contribution in [0.1, 0.15) is 53.0 Å². The molecule has 0 aliphatic rings. The van der Waals surface area contributed by atoms with Crippen molar-refractivity contribution >= 4 is 23.8 Å². The Balaban J connectivity index is 0. The van der Waals surface area contributed by atoms with Gasteiger partial charge in [0.15, 0.2) is 0 Å². The first-order chi connectivity index (χ1) is 16.0. The minimum Gasteiger partial charge on any atom is -0.468 e. The van der Waals surface area contributed by atoms with Crippen LogP contribution in [0.3, 0.4) is 0 Å². The Morgan fingerprint density at radius 2 is 1.82 bits per heavy atom. The number of benzene rings is 1. The molecular weight excluding hydrogens is 434 g/mol. The van der Waals surface area contributed by atoms with Gasteiger partial charge >= 0.3 is 5.97 Å². The lowest BCUT2D eigenvalue weighted by molar-refractivity contribution is -0.141. The zero-order chi connectivity index (χ0) is 25.3. The highest BCUT2D eigenvalue weighted by atomic mass is 35.5. The van der Waals surface area contributed by atoms with E-state index in [1.807, 2.05) is 93.4 Å². The second-order valence-electron chi connectivity index (χ2n) is 6.72. The van der Waals surface area contributed by atoms with E-state index in [1.165, 1.54) is 12.7 Å². The minimum atomic E-state index is -0.222. The molecule has 0 aliphatic carbocycles. The van der Waals surface area contributed by atoms with Crippen LogP contribution < -0.4 is 0 Å². The highest BCUT2D eigenvalue weighted by Crippen LogP contribution is 2.16. The maximum Gasteiger partial charge on any atom is 0.319 e. The lowest BCUT2D eigenvalue weighted by Crippen LogP contribution is -2.29. The van der Waals surface area contributed by atoms with E-state index in [4.69, 9.17) is 16.3 Å². The van der Waals surface area contributed by atoms with Crippen molar-refractivity contribution in [2.45, 2.75) is 54.0 Å². The molecule has 0 atom stereocenters. The predicted octanol–water partition coefficient (Wildman–Crippen LogP) is 6.67. The van der Waals surface area contributed by atoms with Crippen LogP contribution in [0.2, 0.25) is 0 Å². The van der Waals surface area contributed by atoms with Crippen LogP contribution in [0.15, 0.2) is 71.5 Å². The SMILES string of the molecule is C/C=C/C=N/N(Cc1ccccc1)/C(=C/CC)CCN(C)CC(=O)OC.C/C=C\CCl.CC. The second kappa shape index (κ2) is 24.3. The molecule has 0 radical (unpaired) electrons. The number of hydrazone groups is 1. The number of hydrogen-bond donors (Lipinski definition) is 0. The van der Waals surface area contributed by atoms with Crippen molar-refractivity contribution in [1.82, 2.24) is 9.91 Å². The van der Waals surface area contributed by atoms with E-state index >= 15 is 0 Å². The number of esters is 1. The van der Waals surface area contributed by atoms with E-state index in [-0.39, 0.29) is 12.5 Å². The van der Waals surface area contributed by atoms with Crippen LogP contribution in [0.25, 0.3) is 0 Å². The van der Waals surface area contributed by atoms with Crippen LogP contribution in [0.4, 0.5) is 0 Å². The number of carbonyl (C=O) groups excluding carboxylic acids is 1. The van der Waals surface area contributed by atoms with Crippen LogP contribution in [0, 0.1) is 0 Å². The summed E-state index contributed by atoms with van der Waals surface area (Å²) in [6.45, 7) is 11.8. The number of ether oxygens (including phenoxy) is 1. The zero-order valence-corrected chi connectivity index (χ0v) is 22.4. The molecule has 0 fully saturated rings. The lowest BCUT2D eigenvalue weighted by atomic mass is 10.2. The average molecular weight is 478 g/mol. The van der Waals surface area contributed by atoms with Crippen LogP contribution in [-0.2, 0) is 16.1 Å². The molecular formula is C27H44ClN3O2. The van der Waals surface area contributed by atoms with Gasteiger partial charge in [-0.05, 0) is 39.0 Å². The summed E-state index contributed by atoms with van der Waals surface area (Å²) in [6.07, 6.45) is 13.4. The monoisotopic (exact) mass is 477 g/mol. The van der Waals surface area contributed by atoms with Crippen molar-refractivity contribution < 1.29 is 9.53 Å². The number of carbonyl (C=O) groups is 1. The number of alkyl halides is 1. The van der Waals surface area contributed by atoms with Gasteiger partial charge in [0, 0.05) is 30.8 Å².